The summed E-state index contributed by atoms with van der Waals surface area (Å²) in [6.07, 6.45) is 3.67. The first-order valence-corrected chi connectivity index (χ1v) is 11.8. The fourth-order valence-corrected chi connectivity index (χ4v) is 5.02. The number of para-hydroxylation sites is 1. The molecule has 152 valence electrons. The number of carbonyl (C=O) groups excluding carboxylic acids is 1. The number of amides is 1. The molecule has 0 radical (unpaired) electrons. The second-order valence-corrected chi connectivity index (χ2v) is 9.86. The molecule has 1 atom stereocenters. The van der Waals surface area contributed by atoms with Gasteiger partial charge in [0.05, 0.1) is 28.3 Å². The zero-order valence-electron chi connectivity index (χ0n) is 16.2. The molecule has 0 aliphatic rings. The van der Waals surface area contributed by atoms with E-state index in [1.807, 2.05) is 49.4 Å². The highest BCUT2D eigenvalue weighted by atomic mass is 79.9. The number of nitrogens with one attached hydrogen (secondary N) is 1. The van der Waals surface area contributed by atoms with Crippen LogP contribution < -0.4 is 10.2 Å². The fraction of sp³-hybridized carbons (Fsp3) is 0.286. The minimum Gasteiger partial charge on any atom is -0.493 e. The quantitative estimate of drug-likeness (QED) is 0.176. The first kappa shape index (κ1) is 21.8. The van der Waals surface area contributed by atoms with Gasteiger partial charge in [0.1, 0.15) is 5.75 Å². The van der Waals surface area contributed by atoms with Crippen molar-refractivity contribution in [3.8, 4) is 5.75 Å². The predicted octanol–water partition coefficient (Wildman–Crippen LogP) is 5.87. The van der Waals surface area contributed by atoms with E-state index in [-0.39, 0.29) is 11.2 Å². The average molecular weight is 492 g/mol. The number of hydrogen-bond acceptors (Lipinski definition) is 6. The van der Waals surface area contributed by atoms with Crippen molar-refractivity contribution in [2.45, 2.75) is 36.3 Å². The first-order valence-electron chi connectivity index (χ1n) is 9.34. The summed E-state index contributed by atoms with van der Waals surface area (Å²) in [6, 6.07) is 13.7. The number of hydrazone groups is 1. The highest BCUT2D eigenvalue weighted by Crippen LogP contribution is 2.31. The van der Waals surface area contributed by atoms with Gasteiger partial charge in [0.2, 0.25) is 0 Å². The van der Waals surface area contributed by atoms with E-state index in [1.54, 1.807) is 17.6 Å². The molecule has 0 unspecified atom stereocenters. The maximum atomic E-state index is 12.4. The molecule has 0 saturated heterocycles. The van der Waals surface area contributed by atoms with Gasteiger partial charge < -0.3 is 4.74 Å². The smallest absolute Gasteiger partial charge is 0.253 e. The van der Waals surface area contributed by atoms with Gasteiger partial charge in [-0.3, -0.25) is 4.79 Å². The van der Waals surface area contributed by atoms with Gasteiger partial charge in [-0.25, -0.2) is 10.4 Å². The Labute approximate surface area is 187 Å². The van der Waals surface area contributed by atoms with Gasteiger partial charge in [0, 0.05) is 10.0 Å². The normalized spacial score (nSPS) is 12.4. The third-order valence-electron chi connectivity index (χ3n) is 4.03. The molecule has 0 bridgehead atoms. The van der Waals surface area contributed by atoms with E-state index in [0.29, 0.717) is 6.61 Å². The van der Waals surface area contributed by atoms with Crippen molar-refractivity contribution >= 4 is 61.4 Å². The summed E-state index contributed by atoms with van der Waals surface area (Å²) in [4.78, 5) is 17.0. The van der Waals surface area contributed by atoms with Crippen LogP contribution >= 0.6 is 39.0 Å². The van der Waals surface area contributed by atoms with Crippen LogP contribution in [0.15, 0.2) is 56.4 Å². The molecule has 8 heteroatoms. The Hall–Kier alpha value is -1.90. The van der Waals surface area contributed by atoms with Crippen LogP contribution in [-0.4, -0.2) is 29.0 Å². The summed E-state index contributed by atoms with van der Waals surface area (Å²) in [7, 11) is 0. The van der Waals surface area contributed by atoms with Crippen molar-refractivity contribution < 1.29 is 9.53 Å². The van der Waals surface area contributed by atoms with Crippen molar-refractivity contribution in [1.82, 2.24) is 10.4 Å². The van der Waals surface area contributed by atoms with Gasteiger partial charge in [-0.1, -0.05) is 53.2 Å². The van der Waals surface area contributed by atoms with Gasteiger partial charge in [0.25, 0.3) is 5.91 Å². The Bertz CT molecular complexity index is 974. The summed E-state index contributed by atoms with van der Waals surface area (Å²) in [5.74, 6) is 0.575. The third kappa shape index (κ3) is 6.29. The number of nitrogens with zero attached hydrogens (tertiary/aromatic N) is 2. The molecule has 5 nitrogen and oxygen atoms in total. The van der Waals surface area contributed by atoms with E-state index in [2.05, 4.69) is 38.4 Å². The van der Waals surface area contributed by atoms with Crippen LogP contribution in [0.2, 0.25) is 0 Å². The lowest BCUT2D eigenvalue weighted by molar-refractivity contribution is -0.120. The van der Waals surface area contributed by atoms with E-state index in [9.17, 15) is 4.79 Å². The van der Waals surface area contributed by atoms with Gasteiger partial charge in [0.15, 0.2) is 4.34 Å². The molecule has 0 saturated carbocycles. The highest BCUT2D eigenvalue weighted by Gasteiger charge is 2.16. The summed E-state index contributed by atoms with van der Waals surface area (Å²) in [5.41, 5.74) is 4.38. The maximum absolute atomic E-state index is 12.4. The van der Waals surface area contributed by atoms with Crippen LogP contribution in [0.5, 0.6) is 5.75 Å². The minimum atomic E-state index is -0.310. The monoisotopic (exact) mass is 491 g/mol. The predicted molar refractivity (Wildman–Crippen MR) is 125 cm³/mol. The molecule has 3 rings (SSSR count). The summed E-state index contributed by atoms with van der Waals surface area (Å²) >= 11 is 6.48. The lowest BCUT2D eigenvalue weighted by Crippen LogP contribution is -2.26. The molecular formula is C21H22BrN3O2S2. The molecule has 2 aromatic carbocycles. The molecule has 1 N–H and O–H groups in total. The number of hydrogen-bond donors (Lipinski definition) is 1. The van der Waals surface area contributed by atoms with Gasteiger partial charge in [-0.05, 0) is 43.7 Å². The Morgan fingerprint density at radius 1 is 1.38 bits per heavy atom. The fourth-order valence-electron chi connectivity index (χ4n) is 2.44. The second-order valence-electron chi connectivity index (χ2n) is 6.33. The van der Waals surface area contributed by atoms with Crippen LogP contribution in [0, 0.1) is 0 Å². The van der Waals surface area contributed by atoms with Gasteiger partial charge in [-0.2, -0.15) is 5.10 Å². The number of benzene rings is 2. The molecule has 1 aromatic heterocycles. The van der Waals surface area contributed by atoms with E-state index in [0.717, 1.165) is 43.2 Å². The second kappa shape index (κ2) is 10.8. The molecule has 0 spiro atoms. The Balaban J connectivity index is 1.59. The van der Waals surface area contributed by atoms with Crippen LogP contribution in [0.25, 0.3) is 10.2 Å². The first-order chi connectivity index (χ1) is 14.1. The number of halogens is 1. The van der Waals surface area contributed by atoms with E-state index in [4.69, 9.17) is 4.74 Å². The maximum Gasteiger partial charge on any atom is 0.253 e. The van der Waals surface area contributed by atoms with Crippen molar-refractivity contribution in [1.29, 1.82) is 0 Å². The zero-order chi connectivity index (χ0) is 20.6. The van der Waals surface area contributed by atoms with Gasteiger partial charge >= 0.3 is 0 Å². The molecule has 1 heterocycles. The highest BCUT2D eigenvalue weighted by molar-refractivity contribution is 9.10. The molecule has 0 fully saturated rings. The number of thiazole rings is 1. The minimum absolute atomic E-state index is 0.172. The number of carbonyl (C=O) groups is 1. The van der Waals surface area contributed by atoms with Crippen LogP contribution in [0.1, 0.15) is 32.3 Å². The topological polar surface area (TPSA) is 63.6 Å². The number of thioether (sulfide) groups is 1. The van der Waals surface area contributed by atoms with Crippen LogP contribution in [-0.2, 0) is 4.79 Å². The standard InChI is InChI=1S/C21H22BrN3O2S2/c1-3-4-11-27-18-10-9-16(22)12-15(18)13-23-25-20(26)14(2)28-21-24-17-7-5-6-8-19(17)29-21/h5-10,12-14H,3-4,11H2,1-2H3,(H,25,26)/b23-13-/t14-/m0/s1. The van der Waals surface area contributed by atoms with E-state index >= 15 is 0 Å². The number of fused-ring (bicyclic) bond motifs is 1. The molecular weight excluding hydrogens is 470 g/mol. The van der Waals surface area contributed by atoms with Crippen LogP contribution in [0.4, 0.5) is 0 Å². The largest absolute Gasteiger partial charge is 0.493 e. The summed E-state index contributed by atoms with van der Waals surface area (Å²) in [6.45, 7) is 4.62. The number of ether oxygens (including phenoxy) is 1. The van der Waals surface area contributed by atoms with Crippen molar-refractivity contribution in [2.24, 2.45) is 5.10 Å². The lowest BCUT2D eigenvalue weighted by Gasteiger charge is -2.09. The van der Waals surface area contributed by atoms with Crippen molar-refractivity contribution in [3.05, 3.63) is 52.5 Å². The van der Waals surface area contributed by atoms with E-state index in [1.165, 1.54) is 11.8 Å². The third-order valence-corrected chi connectivity index (χ3v) is 6.75. The Morgan fingerprint density at radius 3 is 3.00 bits per heavy atom. The summed E-state index contributed by atoms with van der Waals surface area (Å²) in [5, 5.41) is 3.81. The average Bonchev–Trinajstić information content (AvgIpc) is 3.11. The molecule has 3 aromatic rings. The molecule has 1 amide bonds. The number of rotatable bonds is 9. The molecule has 0 aliphatic heterocycles. The zero-order valence-corrected chi connectivity index (χ0v) is 19.4. The van der Waals surface area contributed by atoms with Gasteiger partial charge in [-0.15, -0.1) is 11.3 Å². The van der Waals surface area contributed by atoms with Crippen molar-refractivity contribution in [2.75, 3.05) is 6.61 Å². The Morgan fingerprint density at radius 2 is 2.21 bits per heavy atom. The van der Waals surface area contributed by atoms with Crippen LogP contribution in [0.3, 0.4) is 0 Å². The SMILES string of the molecule is CCCCOc1ccc(Br)cc1/C=N\NC(=O)[C@H](C)Sc1nc2ccccc2s1. The summed E-state index contributed by atoms with van der Waals surface area (Å²) < 4.78 is 8.72. The number of unbranched alkanes of at least 4 members (excludes halogenated alkanes) is 1. The lowest BCUT2D eigenvalue weighted by atomic mass is 10.2. The Kier molecular flexibility index (Phi) is 8.09. The molecule has 29 heavy (non-hydrogen) atoms. The van der Waals surface area contributed by atoms with E-state index < -0.39 is 0 Å². The van der Waals surface area contributed by atoms with Crippen molar-refractivity contribution in [3.63, 3.8) is 0 Å². The molecule has 0 aliphatic carbocycles. The number of aromatic nitrogens is 1.